The molecule has 2 nitrogen and oxygen atoms in total. The molecule has 0 aliphatic heterocycles. The third kappa shape index (κ3) is 1.86. The molecule has 0 saturated carbocycles. The van der Waals surface area contributed by atoms with Crippen molar-refractivity contribution in [1.82, 2.24) is 0 Å². The minimum atomic E-state index is 0.219. The third-order valence-electron chi connectivity index (χ3n) is 2.11. The highest BCUT2D eigenvalue weighted by molar-refractivity contribution is 5.48. The molecule has 0 bridgehead atoms. The lowest BCUT2D eigenvalue weighted by Gasteiger charge is -2.17. The Morgan fingerprint density at radius 2 is 2.08 bits per heavy atom. The summed E-state index contributed by atoms with van der Waals surface area (Å²) in [5, 5.41) is 17.4. The van der Waals surface area contributed by atoms with E-state index in [1.807, 2.05) is 31.2 Å². The van der Waals surface area contributed by atoms with Crippen LogP contribution >= 0.6 is 0 Å². The van der Waals surface area contributed by atoms with Gasteiger partial charge in [-0.2, -0.15) is 10.5 Å². The number of allylic oxidation sites excluding steroid dienone is 5. The van der Waals surface area contributed by atoms with E-state index in [1.54, 1.807) is 0 Å². The Morgan fingerprint density at radius 3 is 2.54 bits per heavy atom. The van der Waals surface area contributed by atoms with E-state index in [0.717, 1.165) is 17.6 Å². The molecule has 1 aliphatic carbocycles. The van der Waals surface area contributed by atoms with Crippen molar-refractivity contribution >= 4 is 0 Å². The first-order valence-electron chi connectivity index (χ1n) is 4.09. The summed E-state index contributed by atoms with van der Waals surface area (Å²) in [5.74, 6) is 0.229. The zero-order chi connectivity index (χ0) is 9.84. The second kappa shape index (κ2) is 3.74. The lowest BCUT2D eigenvalue weighted by atomic mass is 9.86. The van der Waals surface area contributed by atoms with E-state index in [4.69, 9.17) is 10.5 Å². The van der Waals surface area contributed by atoms with Gasteiger partial charge in [-0.15, -0.1) is 0 Å². The molecule has 0 fully saturated rings. The first-order valence-corrected chi connectivity index (χ1v) is 4.09. The van der Waals surface area contributed by atoms with Gasteiger partial charge in [0.25, 0.3) is 0 Å². The van der Waals surface area contributed by atoms with Crippen molar-refractivity contribution < 1.29 is 0 Å². The maximum atomic E-state index is 8.68. The van der Waals surface area contributed by atoms with Gasteiger partial charge in [0.05, 0.1) is 0 Å². The van der Waals surface area contributed by atoms with Crippen LogP contribution in [0.25, 0.3) is 0 Å². The van der Waals surface area contributed by atoms with Crippen LogP contribution in [0.2, 0.25) is 0 Å². The van der Waals surface area contributed by atoms with Gasteiger partial charge in [-0.3, -0.25) is 0 Å². The molecule has 1 aliphatic rings. The van der Waals surface area contributed by atoms with E-state index in [-0.39, 0.29) is 11.5 Å². The Labute approximate surface area is 78.1 Å². The maximum absolute atomic E-state index is 8.68. The fraction of sp³-hybridized carbons (Fsp3) is 0.273. The van der Waals surface area contributed by atoms with Crippen molar-refractivity contribution in [2.45, 2.75) is 13.3 Å². The quantitative estimate of drug-likeness (QED) is 0.524. The van der Waals surface area contributed by atoms with Crippen LogP contribution in [0, 0.1) is 28.6 Å². The molecule has 2 heteroatoms. The highest BCUT2D eigenvalue weighted by Gasteiger charge is 2.15. The van der Waals surface area contributed by atoms with E-state index in [9.17, 15) is 0 Å². The van der Waals surface area contributed by atoms with Crippen molar-refractivity contribution in [3.05, 3.63) is 35.5 Å². The summed E-state index contributed by atoms with van der Waals surface area (Å²) in [6.45, 7) is 5.83. The minimum absolute atomic E-state index is 0.219. The van der Waals surface area contributed by atoms with E-state index in [0.29, 0.717) is 0 Å². The number of nitriles is 2. The molecule has 0 aromatic carbocycles. The average Bonchev–Trinajstić information content (AvgIpc) is 2.10. The zero-order valence-corrected chi connectivity index (χ0v) is 7.54. The molecule has 0 amide bonds. The summed E-state index contributed by atoms with van der Waals surface area (Å²) in [5.41, 5.74) is 2.10. The Hall–Kier alpha value is -1.80. The average molecular weight is 170 g/mol. The monoisotopic (exact) mass is 170 g/mol. The van der Waals surface area contributed by atoms with Crippen LogP contribution in [0.1, 0.15) is 13.3 Å². The van der Waals surface area contributed by atoms with Crippen LogP contribution in [0.3, 0.4) is 0 Å². The second-order valence-electron chi connectivity index (χ2n) is 3.15. The summed E-state index contributed by atoms with van der Waals surface area (Å²) in [7, 11) is 0. The van der Waals surface area contributed by atoms with Gasteiger partial charge >= 0.3 is 0 Å². The highest BCUT2D eigenvalue weighted by Crippen LogP contribution is 2.28. The molecule has 0 N–H and O–H groups in total. The molecule has 0 spiro atoms. The van der Waals surface area contributed by atoms with Gasteiger partial charge in [0, 0.05) is 0 Å². The Morgan fingerprint density at radius 1 is 1.46 bits per heavy atom. The molecule has 1 atom stereocenters. The van der Waals surface area contributed by atoms with Crippen LogP contribution in [0.4, 0.5) is 0 Å². The van der Waals surface area contributed by atoms with Crippen molar-refractivity contribution in [1.29, 1.82) is 10.5 Å². The highest BCUT2D eigenvalue weighted by atomic mass is 14.3. The fourth-order valence-corrected chi connectivity index (χ4v) is 1.43. The minimum Gasteiger partial charge on any atom is -0.192 e. The maximum Gasteiger partial charge on any atom is 0.133 e. The largest absolute Gasteiger partial charge is 0.192 e. The van der Waals surface area contributed by atoms with Crippen molar-refractivity contribution in [2.75, 3.05) is 0 Å². The molecule has 0 saturated heterocycles. The number of nitrogens with zero attached hydrogens (tertiary/aromatic N) is 2. The summed E-state index contributed by atoms with van der Waals surface area (Å²) >= 11 is 0. The van der Waals surface area contributed by atoms with Crippen molar-refractivity contribution in [3.63, 3.8) is 0 Å². The SMILES string of the molecule is C=C1C=CC(=C(C#N)C#N)C(C)C1. The van der Waals surface area contributed by atoms with E-state index in [1.165, 1.54) is 0 Å². The lowest BCUT2D eigenvalue weighted by molar-refractivity contribution is 0.683. The molecule has 13 heavy (non-hydrogen) atoms. The first-order chi connectivity index (χ1) is 6.19. The zero-order valence-electron chi connectivity index (χ0n) is 7.54. The Bertz CT molecular complexity index is 356. The van der Waals surface area contributed by atoms with Gasteiger partial charge in [-0.05, 0) is 17.9 Å². The standard InChI is InChI=1S/C11H10N2/c1-8-3-4-11(9(2)5-8)10(6-12)7-13/h3-4,9H,1,5H2,2H3. The Kier molecular flexibility index (Phi) is 2.67. The summed E-state index contributed by atoms with van der Waals surface area (Å²) in [6, 6.07) is 3.81. The predicted molar refractivity (Wildman–Crippen MR) is 50.3 cm³/mol. The van der Waals surface area contributed by atoms with Crippen LogP contribution < -0.4 is 0 Å². The first kappa shape index (κ1) is 9.29. The molecule has 1 unspecified atom stereocenters. The van der Waals surface area contributed by atoms with Crippen LogP contribution in [0.5, 0.6) is 0 Å². The second-order valence-corrected chi connectivity index (χ2v) is 3.15. The topological polar surface area (TPSA) is 47.6 Å². The van der Waals surface area contributed by atoms with Gasteiger partial charge in [-0.1, -0.05) is 31.2 Å². The summed E-state index contributed by atoms with van der Waals surface area (Å²) in [4.78, 5) is 0. The van der Waals surface area contributed by atoms with Crippen LogP contribution in [-0.2, 0) is 0 Å². The van der Waals surface area contributed by atoms with Gasteiger partial charge in [0.15, 0.2) is 0 Å². The lowest BCUT2D eigenvalue weighted by Crippen LogP contribution is -2.05. The number of hydrogen-bond acceptors (Lipinski definition) is 2. The molecule has 0 radical (unpaired) electrons. The normalized spacial score (nSPS) is 20.7. The third-order valence-corrected chi connectivity index (χ3v) is 2.11. The van der Waals surface area contributed by atoms with E-state index in [2.05, 4.69) is 6.58 Å². The Balaban J connectivity index is 3.15. The molecular weight excluding hydrogens is 160 g/mol. The summed E-state index contributed by atoms with van der Waals surface area (Å²) in [6.07, 6.45) is 4.51. The van der Waals surface area contributed by atoms with Gasteiger partial charge in [0.1, 0.15) is 17.7 Å². The van der Waals surface area contributed by atoms with Gasteiger partial charge in [0.2, 0.25) is 0 Å². The van der Waals surface area contributed by atoms with Crippen molar-refractivity contribution in [2.24, 2.45) is 5.92 Å². The molecule has 0 aromatic heterocycles. The predicted octanol–water partition coefficient (Wildman–Crippen LogP) is 2.48. The molecular formula is C11H10N2. The molecule has 64 valence electrons. The number of hydrogen-bond donors (Lipinski definition) is 0. The van der Waals surface area contributed by atoms with E-state index >= 15 is 0 Å². The molecule has 0 aromatic rings. The smallest absolute Gasteiger partial charge is 0.133 e. The van der Waals surface area contributed by atoms with Crippen LogP contribution in [0.15, 0.2) is 35.5 Å². The number of rotatable bonds is 0. The van der Waals surface area contributed by atoms with Gasteiger partial charge in [-0.25, -0.2) is 0 Å². The fourth-order valence-electron chi connectivity index (χ4n) is 1.43. The van der Waals surface area contributed by atoms with E-state index < -0.39 is 0 Å². The van der Waals surface area contributed by atoms with Crippen LogP contribution in [-0.4, -0.2) is 0 Å². The molecule has 0 heterocycles. The summed E-state index contributed by atoms with van der Waals surface area (Å²) < 4.78 is 0. The van der Waals surface area contributed by atoms with Crippen molar-refractivity contribution in [3.8, 4) is 12.1 Å². The molecule has 1 rings (SSSR count). The van der Waals surface area contributed by atoms with Gasteiger partial charge < -0.3 is 0 Å².